The Kier molecular flexibility index (Phi) is 2.81. The molecule has 0 heterocycles. The summed E-state index contributed by atoms with van der Waals surface area (Å²) in [4.78, 5) is 11.8. The Bertz CT molecular complexity index is 522. The van der Waals surface area contributed by atoms with Crippen LogP contribution in [0.4, 0.5) is 0 Å². The van der Waals surface area contributed by atoms with Crippen molar-refractivity contribution in [2.75, 3.05) is 0 Å². The molecule has 0 amide bonds. The fourth-order valence-corrected chi connectivity index (χ4v) is 6.52. The average molecular weight is 288 g/mol. The van der Waals surface area contributed by atoms with Crippen LogP contribution in [-0.4, -0.2) is 16.5 Å². The van der Waals surface area contributed by atoms with Gasteiger partial charge in [-0.3, -0.25) is 4.79 Å². The van der Waals surface area contributed by atoms with Crippen molar-refractivity contribution in [1.29, 1.82) is 0 Å². The predicted molar refractivity (Wildman–Crippen MR) is 82.8 cm³/mol. The third-order valence-corrected chi connectivity index (χ3v) is 7.94. The number of hydrogen-bond donors (Lipinski definition) is 1. The van der Waals surface area contributed by atoms with Gasteiger partial charge in [0.1, 0.15) is 0 Å². The van der Waals surface area contributed by atoms with E-state index < -0.39 is 5.60 Å². The van der Waals surface area contributed by atoms with Crippen molar-refractivity contribution < 1.29 is 9.90 Å². The van der Waals surface area contributed by atoms with Gasteiger partial charge in [-0.15, -0.1) is 0 Å². The number of carbonyl (C=O) groups excluding carboxylic acids is 1. The molecule has 1 N–H and O–H groups in total. The minimum Gasteiger partial charge on any atom is -0.389 e. The third kappa shape index (κ3) is 1.66. The summed E-state index contributed by atoms with van der Waals surface area (Å²) in [6.45, 7) is 4.71. The molecule has 0 bridgehead atoms. The van der Waals surface area contributed by atoms with Gasteiger partial charge >= 0.3 is 0 Å². The summed E-state index contributed by atoms with van der Waals surface area (Å²) in [5.41, 5.74) is 1.28. The smallest absolute Gasteiger partial charge is 0.155 e. The Hall–Kier alpha value is -0.630. The first-order valence-electron chi connectivity index (χ1n) is 8.85. The molecule has 0 aromatic rings. The normalized spacial score (nSPS) is 52.7. The molecule has 4 aliphatic carbocycles. The zero-order valence-corrected chi connectivity index (χ0v) is 13.5. The van der Waals surface area contributed by atoms with Gasteiger partial charge in [-0.25, -0.2) is 0 Å². The molecule has 2 nitrogen and oxygen atoms in total. The maximum atomic E-state index is 11.8. The molecule has 4 rings (SSSR count). The second-order valence-corrected chi connectivity index (χ2v) is 8.68. The number of rotatable bonds is 0. The van der Waals surface area contributed by atoms with Crippen molar-refractivity contribution in [2.45, 2.75) is 77.2 Å². The minimum absolute atomic E-state index is 0.149. The summed E-state index contributed by atoms with van der Waals surface area (Å²) < 4.78 is 0. The lowest BCUT2D eigenvalue weighted by molar-refractivity contribution is -0.173. The lowest BCUT2D eigenvalue weighted by Gasteiger charge is -2.60. The third-order valence-electron chi connectivity index (χ3n) is 7.94. The van der Waals surface area contributed by atoms with E-state index in [0.29, 0.717) is 24.0 Å². The second-order valence-electron chi connectivity index (χ2n) is 8.68. The number of fused-ring (bicyclic) bond motifs is 5. The molecule has 5 atom stereocenters. The van der Waals surface area contributed by atoms with Crippen LogP contribution in [0.3, 0.4) is 0 Å². The summed E-state index contributed by atoms with van der Waals surface area (Å²) in [6, 6.07) is 0. The molecule has 3 saturated carbocycles. The Morgan fingerprint density at radius 1 is 1.05 bits per heavy atom. The molecule has 0 spiro atoms. The fourth-order valence-electron chi connectivity index (χ4n) is 6.52. The summed E-state index contributed by atoms with van der Waals surface area (Å²) in [5.74, 6) is 1.36. The van der Waals surface area contributed by atoms with Crippen molar-refractivity contribution in [2.24, 2.45) is 22.7 Å². The molecule has 0 aliphatic heterocycles. The molecular weight excluding hydrogens is 260 g/mol. The second kappa shape index (κ2) is 4.22. The van der Waals surface area contributed by atoms with E-state index in [1.165, 1.54) is 31.3 Å². The standard InChI is InChI=1S/C19H28O2/c1-17-8-3-9-19(17,21)16-5-4-13-12-14(20)6-11-18(13,2)15(16)7-10-17/h12,15-16,21H,3-11H2,1-2H3/t15-,16+,17-,18-,19+/m0/s1. The van der Waals surface area contributed by atoms with Gasteiger partial charge < -0.3 is 5.11 Å². The molecule has 2 heteroatoms. The van der Waals surface area contributed by atoms with Crippen molar-refractivity contribution in [3.05, 3.63) is 11.6 Å². The Labute approximate surface area is 128 Å². The summed E-state index contributed by atoms with van der Waals surface area (Å²) in [5, 5.41) is 11.5. The SMILES string of the molecule is C[C@@]12CCC[C@@]1(O)[C@@H]1CCC3=CC(=O)CC[C@]3(C)[C@H]1CC2. The summed E-state index contributed by atoms with van der Waals surface area (Å²) in [6.07, 6.45) is 11.6. The molecule has 116 valence electrons. The van der Waals surface area contributed by atoms with E-state index in [2.05, 4.69) is 13.8 Å². The van der Waals surface area contributed by atoms with E-state index in [4.69, 9.17) is 0 Å². The molecule has 3 fully saturated rings. The van der Waals surface area contributed by atoms with E-state index in [-0.39, 0.29) is 10.8 Å². The van der Waals surface area contributed by atoms with E-state index in [9.17, 15) is 9.90 Å². The topological polar surface area (TPSA) is 37.3 Å². The zero-order chi connectivity index (χ0) is 14.9. The van der Waals surface area contributed by atoms with Crippen LogP contribution in [0.1, 0.15) is 71.6 Å². The summed E-state index contributed by atoms with van der Waals surface area (Å²) >= 11 is 0. The largest absolute Gasteiger partial charge is 0.389 e. The van der Waals surface area contributed by atoms with Crippen molar-refractivity contribution in [3.63, 3.8) is 0 Å². The lowest BCUT2D eigenvalue weighted by Crippen LogP contribution is -2.59. The number of aliphatic hydroxyl groups is 1. The van der Waals surface area contributed by atoms with E-state index in [0.717, 1.165) is 25.7 Å². The van der Waals surface area contributed by atoms with Crippen LogP contribution >= 0.6 is 0 Å². The summed E-state index contributed by atoms with van der Waals surface area (Å²) in [7, 11) is 0. The van der Waals surface area contributed by atoms with Crippen LogP contribution in [0.25, 0.3) is 0 Å². The van der Waals surface area contributed by atoms with Gasteiger partial charge in [0.2, 0.25) is 0 Å². The van der Waals surface area contributed by atoms with Gasteiger partial charge in [-0.1, -0.05) is 19.4 Å². The van der Waals surface area contributed by atoms with Crippen LogP contribution in [-0.2, 0) is 4.79 Å². The van der Waals surface area contributed by atoms with Crippen LogP contribution < -0.4 is 0 Å². The van der Waals surface area contributed by atoms with Gasteiger partial charge in [-0.05, 0) is 80.1 Å². The van der Waals surface area contributed by atoms with Gasteiger partial charge in [-0.2, -0.15) is 0 Å². The van der Waals surface area contributed by atoms with Crippen molar-refractivity contribution in [1.82, 2.24) is 0 Å². The number of carbonyl (C=O) groups is 1. The van der Waals surface area contributed by atoms with Crippen LogP contribution in [0.5, 0.6) is 0 Å². The molecule has 0 aromatic heterocycles. The minimum atomic E-state index is -0.439. The van der Waals surface area contributed by atoms with Crippen LogP contribution in [0, 0.1) is 22.7 Å². The zero-order valence-electron chi connectivity index (χ0n) is 13.5. The first kappa shape index (κ1) is 14.0. The molecule has 0 radical (unpaired) electrons. The van der Waals surface area contributed by atoms with Gasteiger partial charge in [0.15, 0.2) is 5.78 Å². The quantitative estimate of drug-likeness (QED) is 0.731. The number of allylic oxidation sites excluding steroid dienone is 1. The highest BCUT2D eigenvalue weighted by Gasteiger charge is 2.63. The number of ketones is 1. The molecule has 0 unspecified atom stereocenters. The van der Waals surface area contributed by atoms with Crippen LogP contribution in [0.15, 0.2) is 11.6 Å². The molecule has 0 aromatic carbocycles. The Balaban J connectivity index is 1.74. The van der Waals surface area contributed by atoms with Gasteiger partial charge in [0.05, 0.1) is 5.60 Å². The first-order chi connectivity index (χ1) is 9.89. The van der Waals surface area contributed by atoms with E-state index in [1.54, 1.807) is 0 Å². The van der Waals surface area contributed by atoms with Gasteiger partial charge in [0, 0.05) is 6.42 Å². The van der Waals surface area contributed by atoms with Crippen molar-refractivity contribution >= 4 is 5.78 Å². The van der Waals surface area contributed by atoms with Crippen LogP contribution in [0.2, 0.25) is 0 Å². The lowest BCUT2D eigenvalue weighted by atomic mass is 9.46. The molecular formula is C19H28O2. The Morgan fingerprint density at radius 2 is 1.86 bits per heavy atom. The monoisotopic (exact) mass is 288 g/mol. The molecule has 0 saturated heterocycles. The number of hydrogen-bond acceptors (Lipinski definition) is 2. The molecule has 21 heavy (non-hydrogen) atoms. The average Bonchev–Trinajstić information content (AvgIpc) is 2.75. The van der Waals surface area contributed by atoms with Crippen molar-refractivity contribution in [3.8, 4) is 0 Å². The first-order valence-corrected chi connectivity index (χ1v) is 8.85. The maximum absolute atomic E-state index is 11.8. The van der Waals surface area contributed by atoms with E-state index >= 15 is 0 Å². The van der Waals surface area contributed by atoms with Gasteiger partial charge in [0.25, 0.3) is 0 Å². The predicted octanol–water partition coefficient (Wildman–Crippen LogP) is 4.02. The fraction of sp³-hybridized carbons (Fsp3) is 0.842. The molecule has 4 aliphatic rings. The Morgan fingerprint density at radius 3 is 2.67 bits per heavy atom. The highest BCUT2D eigenvalue weighted by molar-refractivity contribution is 5.91. The highest BCUT2D eigenvalue weighted by atomic mass is 16.3. The highest BCUT2D eigenvalue weighted by Crippen LogP contribution is 2.66. The maximum Gasteiger partial charge on any atom is 0.155 e. The van der Waals surface area contributed by atoms with E-state index in [1.807, 2.05) is 6.08 Å².